The van der Waals surface area contributed by atoms with Crippen molar-refractivity contribution in [3.05, 3.63) is 35.6 Å². The Bertz CT molecular complexity index is 1180. The van der Waals surface area contributed by atoms with Gasteiger partial charge in [0.25, 0.3) is 0 Å². The van der Waals surface area contributed by atoms with Crippen molar-refractivity contribution in [1.29, 1.82) is 0 Å². The van der Waals surface area contributed by atoms with Gasteiger partial charge in [-0.15, -0.1) is 0 Å². The molecule has 0 saturated carbocycles. The highest BCUT2D eigenvalue weighted by molar-refractivity contribution is 6.34. The second-order valence-corrected chi connectivity index (χ2v) is 8.42. The molecule has 0 amide bonds. The molecule has 3 aliphatic rings. The molecule has 33 heavy (non-hydrogen) atoms. The van der Waals surface area contributed by atoms with Crippen molar-refractivity contribution in [2.75, 3.05) is 38.5 Å². The minimum atomic E-state index is 0.0262. The number of benzene rings is 2. The van der Waals surface area contributed by atoms with Gasteiger partial charge in [-0.25, -0.2) is 9.97 Å². The Kier molecular flexibility index (Phi) is 5.45. The number of anilines is 2. The Balaban J connectivity index is 1.40. The molecule has 172 valence electrons. The predicted octanol–water partition coefficient (Wildman–Crippen LogP) is 4.09. The SMILES string of the molecule is Clc1ccc2c(c1Nc1ncnc3cc(OC[C@H]4CO4)cc(OC4CCOCC4)c13)OCO2. The molecule has 3 aliphatic heterocycles. The summed E-state index contributed by atoms with van der Waals surface area (Å²) < 4.78 is 34.2. The molecule has 0 aliphatic carbocycles. The third kappa shape index (κ3) is 4.31. The molecule has 1 aromatic heterocycles. The number of hydrogen-bond acceptors (Lipinski definition) is 9. The van der Waals surface area contributed by atoms with Crippen LogP contribution in [0.15, 0.2) is 30.6 Å². The van der Waals surface area contributed by atoms with E-state index in [-0.39, 0.29) is 19.0 Å². The molecule has 2 saturated heterocycles. The lowest BCUT2D eigenvalue weighted by Gasteiger charge is -2.25. The number of nitrogens with zero attached hydrogens (tertiary/aromatic N) is 2. The highest BCUT2D eigenvalue weighted by Crippen LogP contribution is 2.46. The van der Waals surface area contributed by atoms with Gasteiger partial charge in [0.2, 0.25) is 6.79 Å². The number of epoxide rings is 1. The quantitative estimate of drug-likeness (QED) is 0.511. The average molecular weight is 472 g/mol. The third-order valence-electron chi connectivity index (χ3n) is 5.71. The minimum absolute atomic E-state index is 0.0262. The van der Waals surface area contributed by atoms with E-state index >= 15 is 0 Å². The number of aromatic nitrogens is 2. The van der Waals surface area contributed by atoms with Gasteiger partial charge in [0.1, 0.15) is 48.1 Å². The summed E-state index contributed by atoms with van der Waals surface area (Å²) >= 11 is 6.49. The summed E-state index contributed by atoms with van der Waals surface area (Å²) in [7, 11) is 0. The van der Waals surface area contributed by atoms with E-state index < -0.39 is 0 Å². The summed E-state index contributed by atoms with van der Waals surface area (Å²) in [6.07, 6.45) is 3.28. The maximum atomic E-state index is 6.49. The Morgan fingerprint density at radius 2 is 2.00 bits per heavy atom. The van der Waals surface area contributed by atoms with Gasteiger partial charge in [0.05, 0.1) is 35.7 Å². The maximum Gasteiger partial charge on any atom is 0.231 e. The predicted molar refractivity (Wildman–Crippen MR) is 120 cm³/mol. The van der Waals surface area contributed by atoms with Crippen LogP contribution in [0, 0.1) is 0 Å². The first-order chi connectivity index (χ1) is 16.2. The molecule has 0 bridgehead atoms. The molecule has 10 heteroatoms. The molecule has 0 unspecified atom stereocenters. The molecule has 1 atom stereocenters. The van der Waals surface area contributed by atoms with E-state index in [0.717, 1.165) is 24.8 Å². The van der Waals surface area contributed by atoms with E-state index in [1.165, 1.54) is 6.33 Å². The number of ether oxygens (including phenoxy) is 6. The second kappa shape index (κ2) is 8.74. The first-order valence-electron chi connectivity index (χ1n) is 10.9. The summed E-state index contributed by atoms with van der Waals surface area (Å²) in [5.74, 6) is 3.02. The first kappa shape index (κ1) is 20.6. The van der Waals surface area contributed by atoms with Crippen LogP contribution < -0.4 is 24.3 Å². The van der Waals surface area contributed by atoms with E-state index in [4.69, 9.17) is 40.0 Å². The zero-order valence-electron chi connectivity index (χ0n) is 17.7. The minimum Gasteiger partial charge on any atom is -0.491 e. The number of halogens is 1. The number of nitrogens with one attached hydrogen (secondary N) is 1. The van der Waals surface area contributed by atoms with Crippen LogP contribution in [-0.4, -0.2) is 55.4 Å². The Hall–Kier alpha value is -3.01. The van der Waals surface area contributed by atoms with Gasteiger partial charge < -0.3 is 33.7 Å². The standard InChI is InChI=1S/C23H22ClN3O6/c24-16-1-2-18-22(32-12-31-18)21(16)27-23-20-17(25-11-26-23)7-14(29-9-15-10-30-15)8-19(20)33-13-3-5-28-6-4-13/h1-2,7-8,11,13,15H,3-6,9-10,12H2,(H,25,26,27)/t15-/m0/s1. The van der Waals surface area contributed by atoms with Crippen molar-refractivity contribution < 1.29 is 28.4 Å². The lowest BCUT2D eigenvalue weighted by molar-refractivity contribution is 0.0261. The topological polar surface area (TPSA) is 96.5 Å². The van der Waals surface area contributed by atoms with Crippen LogP contribution in [0.4, 0.5) is 11.5 Å². The van der Waals surface area contributed by atoms with Crippen molar-refractivity contribution in [2.45, 2.75) is 25.0 Å². The van der Waals surface area contributed by atoms with Crippen LogP contribution in [0.25, 0.3) is 10.9 Å². The molecule has 1 N–H and O–H groups in total. The summed E-state index contributed by atoms with van der Waals surface area (Å²) in [6.45, 7) is 2.69. The van der Waals surface area contributed by atoms with Gasteiger partial charge in [0, 0.05) is 25.0 Å². The van der Waals surface area contributed by atoms with E-state index in [2.05, 4.69) is 15.3 Å². The molecule has 9 nitrogen and oxygen atoms in total. The smallest absolute Gasteiger partial charge is 0.231 e. The number of hydrogen-bond donors (Lipinski definition) is 1. The van der Waals surface area contributed by atoms with E-state index in [1.807, 2.05) is 12.1 Å². The maximum absolute atomic E-state index is 6.49. The monoisotopic (exact) mass is 471 g/mol. The van der Waals surface area contributed by atoms with E-state index in [9.17, 15) is 0 Å². The van der Waals surface area contributed by atoms with Gasteiger partial charge in [-0.3, -0.25) is 0 Å². The van der Waals surface area contributed by atoms with E-state index in [0.29, 0.717) is 64.9 Å². The van der Waals surface area contributed by atoms with Gasteiger partial charge in [0.15, 0.2) is 11.5 Å². The fraction of sp³-hybridized carbons (Fsp3) is 0.391. The Morgan fingerprint density at radius 3 is 2.85 bits per heavy atom. The highest BCUT2D eigenvalue weighted by Gasteiger charge is 2.26. The Morgan fingerprint density at radius 1 is 1.12 bits per heavy atom. The molecule has 3 aromatic rings. The van der Waals surface area contributed by atoms with Gasteiger partial charge in [-0.2, -0.15) is 0 Å². The van der Waals surface area contributed by atoms with Crippen molar-refractivity contribution in [1.82, 2.24) is 9.97 Å². The fourth-order valence-electron chi connectivity index (χ4n) is 3.91. The largest absolute Gasteiger partial charge is 0.491 e. The second-order valence-electron chi connectivity index (χ2n) is 8.01. The molecule has 4 heterocycles. The first-order valence-corrected chi connectivity index (χ1v) is 11.2. The summed E-state index contributed by atoms with van der Waals surface area (Å²) in [6, 6.07) is 7.29. The lowest BCUT2D eigenvalue weighted by atomic mass is 10.1. The lowest BCUT2D eigenvalue weighted by Crippen LogP contribution is -2.26. The van der Waals surface area contributed by atoms with Crippen LogP contribution in [0.3, 0.4) is 0 Å². The fourth-order valence-corrected chi connectivity index (χ4v) is 4.11. The molecular weight excluding hydrogens is 450 g/mol. The van der Waals surface area contributed by atoms with Crippen LogP contribution in [-0.2, 0) is 9.47 Å². The summed E-state index contributed by atoms with van der Waals surface area (Å²) in [5.41, 5.74) is 1.26. The van der Waals surface area contributed by atoms with Crippen molar-refractivity contribution >= 4 is 34.0 Å². The van der Waals surface area contributed by atoms with Gasteiger partial charge in [-0.05, 0) is 12.1 Å². The van der Waals surface area contributed by atoms with Crippen molar-refractivity contribution in [3.8, 4) is 23.0 Å². The van der Waals surface area contributed by atoms with Gasteiger partial charge in [-0.1, -0.05) is 11.6 Å². The van der Waals surface area contributed by atoms with E-state index in [1.54, 1.807) is 12.1 Å². The van der Waals surface area contributed by atoms with Crippen LogP contribution in [0.1, 0.15) is 12.8 Å². The summed E-state index contributed by atoms with van der Waals surface area (Å²) in [5, 5.41) is 4.54. The van der Waals surface area contributed by atoms with Crippen LogP contribution in [0.2, 0.25) is 5.02 Å². The average Bonchev–Trinajstić information content (AvgIpc) is 3.54. The van der Waals surface area contributed by atoms with Crippen molar-refractivity contribution in [3.63, 3.8) is 0 Å². The highest BCUT2D eigenvalue weighted by atomic mass is 35.5. The zero-order valence-corrected chi connectivity index (χ0v) is 18.5. The summed E-state index contributed by atoms with van der Waals surface area (Å²) in [4.78, 5) is 8.97. The number of fused-ring (bicyclic) bond motifs is 2. The molecule has 0 spiro atoms. The third-order valence-corrected chi connectivity index (χ3v) is 6.02. The molecule has 6 rings (SSSR count). The molecular formula is C23H22ClN3O6. The zero-order chi connectivity index (χ0) is 22.2. The van der Waals surface area contributed by atoms with Gasteiger partial charge >= 0.3 is 0 Å². The number of rotatable bonds is 7. The molecule has 2 fully saturated rings. The molecule has 0 radical (unpaired) electrons. The Labute approximate surface area is 194 Å². The van der Waals surface area contributed by atoms with Crippen LogP contribution in [0.5, 0.6) is 23.0 Å². The van der Waals surface area contributed by atoms with Crippen LogP contribution >= 0.6 is 11.6 Å². The normalized spacial score (nSPS) is 19.5. The molecule has 2 aromatic carbocycles. The van der Waals surface area contributed by atoms with Crippen molar-refractivity contribution in [2.24, 2.45) is 0 Å².